The molecule has 0 radical (unpaired) electrons. The van der Waals surface area contributed by atoms with Crippen molar-refractivity contribution in [3.05, 3.63) is 34.9 Å². The van der Waals surface area contributed by atoms with Crippen molar-refractivity contribution < 1.29 is 18.4 Å². The number of nitrogens with zero attached hydrogens (tertiary/aromatic N) is 2. The molecule has 1 aromatic rings. The number of carbonyl (C=O) groups is 2. The SMILES string of the molecule is Cc1ccc(F)c(C(=O)N2C[C@H]3CCCN3C(=O)[C@H]2C)c1F. The van der Waals surface area contributed by atoms with Crippen LogP contribution in [0.15, 0.2) is 12.1 Å². The molecule has 2 saturated heterocycles. The van der Waals surface area contributed by atoms with E-state index < -0.39 is 29.1 Å². The average molecular weight is 308 g/mol. The van der Waals surface area contributed by atoms with Crippen LogP contribution < -0.4 is 0 Å². The Morgan fingerprint density at radius 1 is 1.32 bits per heavy atom. The first-order valence-electron chi connectivity index (χ1n) is 7.48. The number of carbonyl (C=O) groups excluding carboxylic acids is 2. The second kappa shape index (κ2) is 5.34. The summed E-state index contributed by atoms with van der Waals surface area (Å²) < 4.78 is 28.1. The van der Waals surface area contributed by atoms with E-state index in [1.807, 2.05) is 0 Å². The zero-order chi connectivity index (χ0) is 16.0. The van der Waals surface area contributed by atoms with Gasteiger partial charge in [-0.05, 0) is 38.3 Å². The number of amides is 2. The fourth-order valence-corrected chi connectivity index (χ4v) is 3.33. The van der Waals surface area contributed by atoms with Crippen molar-refractivity contribution in [1.82, 2.24) is 9.80 Å². The van der Waals surface area contributed by atoms with Gasteiger partial charge in [0.15, 0.2) is 0 Å². The third-order valence-corrected chi connectivity index (χ3v) is 4.65. The van der Waals surface area contributed by atoms with E-state index in [9.17, 15) is 18.4 Å². The normalized spacial score (nSPS) is 24.6. The second-order valence-electron chi connectivity index (χ2n) is 6.01. The number of fused-ring (bicyclic) bond motifs is 1. The molecule has 0 unspecified atom stereocenters. The van der Waals surface area contributed by atoms with Crippen LogP contribution >= 0.6 is 0 Å². The molecule has 0 aromatic heterocycles. The predicted molar refractivity (Wildman–Crippen MR) is 76.3 cm³/mol. The van der Waals surface area contributed by atoms with Gasteiger partial charge in [-0.25, -0.2) is 8.78 Å². The Labute approximate surface area is 127 Å². The van der Waals surface area contributed by atoms with Crippen molar-refractivity contribution >= 4 is 11.8 Å². The number of rotatable bonds is 1. The predicted octanol–water partition coefficient (Wildman–Crippen LogP) is 2.11. The maximum absolute atomic E-state index is 14.2. The zero-order valence-corrected chi connectivity index (χ0v) is 12.6. The molecule has 0 bridgehead atoms. The Bertz CT molecular complexity index is 647. The zero-order valence-electron chi connectivity index (χ0n) is 12.6. The van der Waals surface area contributed by atoms with Gasteiger partial charge in [0, 0.05) is 19.1 Å². The lowest BCUT2D eigenvalue weighted by atomic mass is 10.0. The van der Waals surface area contributed by atoms with Crippen LogP contribution in [0.3, 0.4) is 0 Å². The van der Waals surface area contributed by atoms with Gasteiger partial charge in [0.1, 0.15) is 23.2 Å². The number of piperazine rings is 1. The van der Waals surface area contributed by atoms with Crippen molar-refractivity contribution in [2.45, 2.75) is 38.8 Å². The summed E-state index contributed by atoms with van der Waals surface area (Å²) in [5.41, 5.74) is -0.352. The minimum Gasteiger partial charge on any atom is -0.336 e. The minimum absolute atomic E-state index is 0.0384. The highest BCUT2D eigenvalue weighted by Gasteiger charge is 2.43. The number of halogens is 2. The van der Waals surface area contributed by atoms with E-state index >= 15 is 0 Å². The van der Waals surface area contributed by atoms with Gasteiger partial charge >= 0.3 is 0 Å². The fraction of sp³-hybridized carbons (Fsp3) is 0.500. The Morgan fingerprint density at radius 2 is 2.05 bits per heavy atom. The highest BCUT2D eigenvalue weighted by Crippen LogP contribution is 2.28. The largest absolute Gasteiger partial charge is 0.336 e. The number of hydrogen-bond acceptors (Lipinski definition) is 2. The summed E-state index contributed by atoms with van der Waals surface area (Å²) in [6.07, 6.45) is 1.72. The van der Waals surface area contributed by atoms with Crippen molar-refractivity contribution in [2.24, 2.45) is 0 Å². The van der Waals surface area contributed by atoms with Crippen molar-refractivity contribution in [1.29, 1.82) is 0 Å². The molecular weight excluding hydrogens is 290 g/mol. The summed E-state index contributed by atoms with van der Waals surface area (Å²) in [5.74, 6) is -2.62. The third-order valence-electron chi connectivity index (χ3n) is 4.65. The molecule has 2 aliphatic heterocycles. The Hall–Kier alpha value is -1.98. The molecule has 6 heteroatoms. The first-order valence-corrected chi connectivity index (χ1v) is 7.48. The van der Waals surface area contributed by atoms with Crippen molar-refractivity contribution in [3.63, 3.8) is 0 Å². The van der Waals surface area contributed by atoms with Crippen LogP contribution in [-0.2, 0) is 4.79 Å². The molecule has 0 aliphatic carbocycles. The first-order chi connectivity index (χ1) is 10.4. The fourth-order valence-electron chi connectivity index (χ4n) is 3.33. The molecule has 0 N–H and O–H groups in total. The monoisotopic (exact) mass is 308 g/mol. The van der Waals surface area contributed by atoms with Crippen molar-refractivity contribution in [2.75, 3.05) is 13.1 Å². The van der Waals surface area contributed by atoms with E-state index in [2.05, 4.69) is 0 Å². The summed E-state index contributed by atoms with van der Waals surface area (Å²) >= 11 is 0. The Kier molecular flexibility index (Phi) is 3.62. The van der Waals surface area contributed by atoms with Gasteiger partial charge in [-0.15, -0.1) is 0 Å². The maximum Gasteiger partial charge on any atom is 0.260 e. The molecule has 3 rings (SSSR count). The van der Waals surface area contributed by atoms with Crippen LogP contribution in [0.4, 0.5) is 8.78 Å². The lowest BCUT2D eigenvalue weighted by molar-refractivity contribution is -0.141. The number of benzene rings is 1. The van der Waals surface area contributed by atoms with Gasteiger partial charge in [-0.1, -0.05) is 6.07 Å². The average Bonchev–Trinajstić information content (AvgIpc) is 2.95. The summed E-state index contributed by atoms with van der Waals surface area (Å²) in [6, 6.07) is 1.65. The Balaban J connectivity index is 1.95. The van der Waals surface area contributed by atoms with Crippen LogP contribution in [-0.4, -0.2) is 46.8 Å². The summed E-state index contributed by atoms with van der Waals surface area (Å²) in [4.78, 5) is 28.0. The second-order valence-corrected chi connectivity index (χ2v) is 6.01. The van der Waals surface area contributed by atoms with Crippen molar-refractivity contribution in [3.8, 4) is 0 Å². The summed E-state index contributed by atoms with van der Waals surface area (Å²) in [6.45, 7) is 4.12. The van der Waals surface area contributed by atoms with E-state index in [1.54, 1.807) is 11.8 Å². The van der Waals surface area contributed by atoms with Gasteiger partial charge in [-0.3, -0.25) is 9.59 Å². The third kappa shape index (κ3) is 2.17. The van der Waals surface area contributed by atoms with E-state index in [1.165, 1.54) is 17.9 Å². The minimum atomic E-state index is -0.887. The number of hydrogen-bond donors (Lipinski definition) is 0. The Morgan fingerprint density at radius 3 is 2.77 bits per heavy atom. The quantitative estimate of drug-likeness (QED) is 0.797. The van der Waals surface area contributed by atoms with Crippen LogP contribution in [0.1, 0.15) is 35.7 Å². The first kappa shape index (κ1) is 14.9. The number of aryl methyl sites for hydroxylation is 1. The van der Waals surface area contributed by atoms with Gasteiger partial charge < -0.3 is 9.80 Å². The molecule has 2 fully saturated rings. The lowest BCUT2D eigenvalue weighted by Gasteiger charge is -2.41. The summed E-state index contributed by atoms with van der Waals surface area (Å²) in [7, 11) is 0. The van der Waals surface area contributed by atoms with Gasteiger partial charge in [0.25, 0.3) is 5.91 Å². The van der Waals surface area contributed by atoms with E-state index in [0.717, 1.165) is 18.9 Å². The van der Waals surface area contributed by atoms with Crippen LogP contribution in [0.5, 0.6) is 0 Å². The van der Waals surface area contributed by atoms with Gasteiger partial charge in [-0.2, -0.15) is 0 Å². The van der Waals surface area contributed by atoms with Gasteiger partial charge in [0.2, 0.25) is 5.91 Å². The maximum atomic E-state index is 14.2. The molecule has 1 aromatic carbocycles. The molecule has 4 nitrogen and oxygen atoms in total. The molecule has 2 atom stereocenters. The smallest absolute Gasteiger partial charge is 0.260 e. The van der Waals surface area contributed by atoms with Gasteiger partial charge in [0.05, 0.1) is 0 Å². The standard InChI is InChI=1S/C16H18F2N2O2/c1-9-5-6-12(17)13(14(9)18)16(22)20-8-11-4-3-7-19(11)15(21)10(20)2/h5-6,10-11H,3-4,7-8H2,1-2H3/t10-,11-/m1/s1. The van der Waals surface area contributed by atoms with E-state index in [4.69, 9.17) is 0 Å². The van der Waals surface area contributed by atoms with E-state index in [-0.39, 0.29) is 17.5 Å². The van der Waals surface area contributed by atoms with Crippen LogP contribution in [0.2, 0.25) is 0 Å². The molecule has 0 saturated carbocycles. The topological polar surface area (TPSA) is 40.6 Å². The molecule has 118 valence electrons. The molecular formula is C16H18F2N2O2. The molecule has 0 spiro atoms. The summed E-state index contributed by atoms with van der Waals surface area (Å²) in [5, 5.41) is 0. The van der Waals surface area contributed by atoms with Crippen LogP contribution in [0.25, 0.3) is 0 Å². The van der Waals surface area contributed by atoms with Crippen LogP contribution in [0, 0.1) is 18.6 Å². The molecule has 2 aliphatic rings. The molecule has 2 heterocycles. The van der Waals surface area contributed by atoms with E-state index in [0.29, 0.717) is 13.1 Å². The molecule has 22 heavy (non-hydrogen) atoms. The highest BCUT2D eigenvalue weighted by molar-refractivity contribution is 5.98. The molecule has 2 amide bonds. The highest BCUT2D eigenvalue weighted by atomic mass is 19.1. The lowest BCUT2D eigenvalue weighted by Crippen LogP contribution is -2.60.